The van der Waals surface area contributed by atoms with Crippen molar-refractivity contribution in [1.82, 2.24) is 4.90 Å². The Bertz CT molecular complexity index is 646. The van der Waals surface area contributed by atoms with Gasteiger partial charge in [0.15, 0.2) is 0 Å². The van der Waals surface area contributed by atoms with E-state index < -0.39 is 20.8 Å². The van der Waals surface area contributed by atoms with Crippen LogP contribution >= 0.6 is 10.7 Å². The quantitative estimate of drug-likeness (QED) is 0.776. The number of nitrogens with zero attached hydrogens (tertiary/aromatic N) is 1. The van der Waals surface area contributed by atoms with E-state index in [4.69, 9.17) is 10.7 Å². The first-order valence-corrected chi connectivity index (χ1v) is 9.00. The lowest BCUT2D eigenvalue weighted by atomic mass is 10.1. The lowest BCUT2D eigenvalue weighted by Gasteiger charge is -2.27. The van der Waals surface area contributed by atoms with Gasteiger partial charge in [0, 0.05) is 34.4 Å². The van der Waals surface area contributed by atoms with Crippen molar-refractivity contribution in [2.75, 3.05) is 6.54 Å². The summed E-state index contributed by atoms with van der Waals surface area (Å²) in [5, 5.41) is 0. The molecule has 0 N–H and O–H groups in total. The number of hydrogen-bond donors (Lipinski definition) is 0. The zero-order valence-corrected chi connectivity index (χ0v) is 14.1. The fraction of sp³-hybridized carbons (Fsp3) is 0.500. The number of rotatable bonds is 5. The highest BCUT2D eigenvalue weighted by Crippen LogP contribution is 2.25. The van der Waals surface area contributed by atoms with Crippen molar-refractivity contribution in [2.24, 2.45) is 0 Å². The molecule has 0 aliphatic carbocycles. The lowest BCUT2D eigenvalue weighted by molar-refractivity contribution is 0.0699. The van der Waals surface area contributed by atoms with E-state index in [0.29, 0.717) is 6.54 Å². The van der Waals surface area contributed by atoms with Crippen LogP contribution in [-0.4, -0.2) is 31.8 Å². The molecule has 0 bridgehead atoms. The molecule has 1 atom stereocenters. The highest BCUT2D eigenvalue weighted by Gasteiger charge is 2.24. The summed E-state index contributed by atoms with van der Waals surface area (Å²) in [4.78, 5) is 13.6. The van der Waals surface area contributed by atoms with Gasteiger partial charge >= 0.3 is 0 Å². The first kappa shape index (κ1) is 17.9. The number of hydrogen-bond acceptors (Lipinski definition) is 3. The monoisotopic (exact) mass is 335 g/mol. The van der Waals surface area contributed by atoms with E-state index in [0.717, 1.165) is 18.6 Å². The van der Waals surface area contributed by atoms with Gasteiger partial charge in [-0.1, -0.05) is 6.92 Å². The maximum atomic E-state index is 13.9. The molecule has 1 aromatic carbocycles. The van der Waals surface area contributed by atoms with Crippen LogP contribution in [0.15, 0.2) is 17.0 Å². The molecule has 0 aromatic heterocycles. The zero-order chi connectivity index (χ0) is 16.4. The molecule has 21 heavy (non-hydrogen) atoms. The molecular weight excluding hydrogens is 317 g/mol. The molecular formula is C14H19ClFNO3S. The molecule has 0 fully saturated rings. The summed E-state index contributed by atoms with van der Waals surface area (Å²) < 4.78 is 36.9. The molecule has 0 saturated heterocycles. The highest BCUT2D eigenvalue weighted by molar-refractivity contribution is 8.13. The van der Waals surface area contributed by atoms with E-state index in [1.54, 1.807) is 4.90 Å². The Hall–Kier alpha value is -1.14. The Morgan fingerprint density at radius 1 is 1.38 bits per heavy atom. The van der Waals surface area contributed by atoms with Crippen molar-refractivity contribution in [3.63, 3.8) is 0 Å². The topological polar surface area (TPSA) is 54.5 Å². The van der Waals surface area contributed by atoms with Crippen molar-refractivity contribution in [3.8, 4) is 0 Å². The maximum Gasteiger partial charge on any atom is 0.261 e. The molecule has 0 radical (unpaired) electrons. The van der Waals surface area contributed by atoms with Gasteiger partial charge < -0.3 is 4.90 Å². The molecule has 1 unspecified atom stereocenters. The fourth-order valence-corrected chi connectivity index (χ4v) is 3.28. The van der Waals surface area contributed by atoms with E-state index >= 15 is 0 Å². The molecule has 0 spiro atoms. The van der Waals surface area contributed by atoms with Crippen LogP contribution in [0.4, 0.5) is 4.39 Å². The summed E-state index contributed by atoms with van der Waals surface area (Å²) in [5.41, 5.74) is -0.104. The van der Waals surface area contributed by atoms with Gasteiger partial charge in [0.05, 0.1) is 4.90 Å². The van der Waals surface area contributed by atoms with E-state index in [2.05, 4.69) is 0 Å². The van der Waals surface area contributed by atoms with Crippen LogP contribution < -0.4 is 0 Å². The van der Waals surface area contributed by atoms with Gasteiger partial charge in [-0.3, -0.25) is 4.79 Å². The summed E-state index contributed by atoms with van der Waals surface area (Å²) in [6, 6.07) is 2.16. The molecule has 1 amide bonds. The Morgan fingerprint density at radius 2 is 1.95 bits per heavy atom. The first-order chi connectivity index (χ1) is 9.63. The van der Waals surface area contributed by atoms with Gasteiger partial charge in [-0.05, 0) is 39.3 Å². The summed E-state index contributed by atoms with van der Waals surface area (Å²) in [6.45, 7) is 7.39. The molecule has 1 aromatic rings. The average molecular weight is 336 g/mol. The molecule has 0 saturated carbocycles. The van der Waals surface area contributed by atoms with E-state index in [1.807, 2.05) is 20.8 Å². The smallest absolute Gasteiger partial charge is 0.261 e. The van der Waals surface area contributed by atoms with Crippen molar-refractivity contribution >= 4 is 25.6 Å². The van der Waals surface area contributed by atoms with Crippen molar-refractivity contribution < 1.29 is 17.6 Å². The van der Waals surface area contributed by atoms with Crippen molar-refractivity contribution in [2.45, 2.75) is 45.1 Å². The van der Waals surface area contributed by atoms with E-state index in [-0.39, 0.29) is 22.1 Å². The van der Waals surface area contributed by atoms with Crippen LogP contribution in [0.1, 0.15) is 43.1 Å². The highest BCUT2D eigenvalue weighted by atomic mass is 35.7. The van der Waals surface area contributed by atoms with Crippen LogP contribution in [0.3, 0.4) is 0 Å². The zero-order valence-electron chi connectivity index (χ0n) is 12.5. The minimum atomic E-state index is -4.11. The number of amides is 1. The third kappa shape index (κ3) is 3.95. The SMILES string of the molecule is CCC(C)N(CC)C(=O)c1cc(F)c(C)c(S(=O)(=O)Cl)c1. The molecule has 0 aliphatic rings. The summed E-state index contributed by atoms with van der Waals surface area (Å²) in [6.07, 6.45) is 0.745. The third-order valence-electron chi connectivity index (χ3n) is 3.53. The van der Waals surface area contributed by atoms with Gasteiger partial charge in [0.2, 0.25) is 0 Å². The summed E-state index contributed by atoms with van der Waals surface area (Å²) >= 11 is 0. The first-order valence-electron chi connectivity index (χ1n) is 6.69. The van der Waals surface area contributed by atoms with Crippen LogP contribution in [0, 0.1) is 12.7 Å². The predicted octanol–water partition coefficient (Wildman–Crippen LogP) is 3.32. The molecule has 0 aliphatic heterocycles. The summed E-state index contributed by atoms with van der Waals surface area (Å²) in [7, 11) is 1.19. The normalized spacial score (nSPS) is 13.0. The van der Waals surface area contributed by atoms with Gasteiger partial charge in [0.25, 0.3) is 15.0 Å². The molecule has 0 heterocycles. The second-order valence-electron chi connectivity index (χ2n) is 4.87. The Labute approximate surface area is 129 Å². The second kappa shape index (κ2) is 6.75. The lowest BCUT2D eigenvalue weighted by Crippen LogP contribution is -2.38. The number of carbonyl (C=O) groups excluding carboxylic acids is 1. The van der Waals surface area contributed by atoms with Crippen molar-refractivity contribution in [3.05, 3.63) is 29.1 Å². The maximum absolute atomic E-state index is 13.9. The predicted molar refractivity (Wildman–Crippen MR) is 80.6 cm³/mol. The number of carbonyl (C=O) groups is 1. The van der Waals surface area contributed by atoms with Crippen LogP contribution in [0.2, 0.25) is 0 Å². The molecule has 4 nitrogen and oxygen atoms in total. The van der Waals surface area contributed by atoms with Gasteiger partial charge in [-0.2, -0.15) is 0 Å². The van der Waals surface area contributed by atoms with Gasteiger partial charge in [0.1, 0.15) is 5.82 Å². The molecule has 7 heteroatoms. The fourth-order valence-electron chi connectivity index (χ4n) is 2.07. The number of benzene rings is 1. The van der Waals surface area contributed by atoms with Crippen LogP contribution in [0.25, 0.3) is 0 Å². The largest absolute Gasteiger partial charge is 0.336 e. The Kier molecular flexibility index (Phi) is 5.75. The number of halogens is 2. The molecule has 118 valence electrons. The average Bonchev–Trinajstić information content (AvgIpc) is 2.40. The minimum Gasteiger partial charge on any atom is -0.336 e. The van der Waals surface area contributed by atoms with Gasteiger partial charge in [-0.25, -0.2) is 12.8 Å². The standard InChI is InChI=1S/C14H19ClFNO3S/c1-5-9(3)17(6-2)14(18)11-7-12(16)10(4)13(8-11)21(15,19)20/h7-9H,5-6H2,1-4H3. The minimum absolute atomic E-state index is 0.0144. The second-order valence-corrected chi connectivity index (χ2v) is 7.40. The summed E-state index contributed by atoms with van der Waals surface area (Å²) in [5.74, 6) is -1.17. The third-order valence-corrected chi connectivity index (χ3v) is 4.98. The van der Waals surface area contributed by atoms with Crippen LogP contribution in [0.5, 0.6) is 0 Å². The van der Waals surface area contributed by atoms with Crippen molar-refractivity contribution in [1.29, 1.82) is 0 Å². The van der Waals surface area contributed by atoms with E-state index in [9.17, 15) is 17.6 Å². The Morgan fingerprint density at radius 3 is 2.38 bits per heavy atom. The molecule has 1 rings (SSSR count). The van der Waals surface area contributed by atoms with Crippen LogP contribution in [-0.2, 0) is 9.05 Å². The Balaban J connectivity index is 3.38. The van der Waals surface area contributed by atoms with E-state index in [1.165, 1.54) is 6.92 Å². The van der Waals surface area contributed by atoms with Gasteiger partial charge in [-0.15, -0.1) is 0 Å².